The number of aliphatic hydroxyl groups excluding tert-OH is 1. The molecule has 0 aromatic rings. The first-order chi connectivity index (χ1) is 15.3. The van der Waals surface area contributed by atoms with Crippen molar-refractivity contribution in [2.24, 2.45) is 17.3 Å². The van der Waals surface area contributed by atoms with Crippen LogP contribution in [0.1, 0.15) is 48.0 Å². The van der Waals surface area contributed by atoms with Gasteiger partial charge in [-0.25, -0.2) is 4.79 Å². The molecule has 0 bridgehead atoms. The lowest BCUT2D eigenvalue weighted by Crippen LogP contribution is -2.60. The maximum Gasteiger partial charge on any atom is 0.342 e. The van der Waals surface area contributed by atoms with E-state index in [0.717, 1.165) is 0 Å². The lowest BCUT2D eigenvalue weighted by atomic mass is 9.57. The number of hydrogen-bond donors (Lipinski definition) is 1. The van der Waals surface area contributed by atoms with E-state index in [4.69, 9.17) is 18.9 Å². The average molecular weight is 462 g/mol. The third-order valence-electron chi connectivity index (χ3n) is 7.74. The largest absolute Gasteiger partial charge is 0.458 e. The molecule has 9 atom stereocenters. The fraction of sp³-hybridized carbons (Fsp3) is 0.667. The Balaban J connectivity index is 1.94. The smallest absolute Gasteiger partial charge is 0.342 e. The second kappa shape index (κ2) is 7.50. The highest BCUT2D eigenvalue weighted by molar-refractivity contribution is 5.93. The van der Waals surface area contributed by atoms with Gasteiger partial charge in [-0.1, -0.05) is 25.5 Å². The summed E-state index contributed by atoms with van der Waals surface area (Å²) in [5.41, 5.74) is -3.17. The van der Waals surface area contributed by atoms with Gasteiger partial charge in [-0.05, 0) is 26.0 Å². The Morgan fingerprint density at radius 1 is 1.15 bits per heavy atom. The Morgan fingerprint density at radius 2 is 1.79 bits per heavy atom. The van der Waals surface area contributed by atoms with Crippen LogP contribution in [0.3, 0.4) is 0 Å². The van der Waals surface area contributed by atoms with Crippen LogP contribution in [0.4, 0.5) is 0 Å². The van der Waals surface area contributed by atoms with Crippen LogP contribution >= 0.6 is 0 Å². The number of carbonyl (C=O) groups excluding carboxylic acids is 4. The van der Waals surface area contributed by atoms with E-state index in [0.29, 0.717) is 5.57 Å². The number of ketones is 1. The normalized spacial score (nSPS) is 46.2. The summed E-state index contributed by atoms with van der Waals surface area (Å²) in [6.45, 7) is 9.30. The average Bonchev–Trinajstić information content (AvgIpc) is 3.29. The third kappa shape index (κ3) is 3.27. The van der Waals surface area contributed by atoms with Gasteiger partial charge < -0.3 is 24.1 Å². The molecular weight excluding hydrogens is 432 g/mol. The molecular formula is C24H30O9. The molecule has 2 heterocycles. The molecule has 4 rings (SSSR count). The molecule has 0 amide bonds. The van der Waals surface area contributed by atoms with Gasteiger partial charge in [0.1, 0.15) is 12.2 Å². The molecule has 0 aromatic heterocycles. The van der Waals surface area contributed by atoms with Crippen molar-refractivity contribution in [2.75, 3.05) is 0 Å². The zero-order valence-electron chi connectivity index (χ0n) is 19.6. The summed E-state index contributed by atoms with van der Waals surface area (Å²) < 4.78 is 22.9. The van der Waals surface area contributed by atoms with E-state index in [1.165, 1.54) is 19.9 Å². The summed E-state index contributed by atoms with van der Waals surface area (Å²) in [6, 6.07) is 0. The molecule has 0 radical (unpaired) electrons. The van der Waals surface area contributed by atoms with Crippen molar-refractivity contribution in [1.82, 2.24) is 0 Å². The Kier molecular flexibility index (Phi) is 5.37. The molecule has 1 spiro atoms. The van der Waals surface area contributed by atoms with Gasteiger partial charge in [0, 0.05) is 37.5 Å². The fourth-order valence-electron chi connectivity index (χ4n) is 6.08. The molecule has 0 saturated carbocycles. The van der Waals surface area contributed by atoms with Gasteiger partial charge in [-0.2, -0.15) is 0 Å². The van der Waals surface area contributed by atoms with Crippen molar-refractivity contribution in [3.8, 4) is 0 Å². The number of ether oxygens (including phenoxy) is 4. The van der Waals surface area contributed by atoms with Crippen LogP contribution in [0.2, 0.25) is 0 Å². The minimum Gasteiger partial charge on any atom is -0.458 e. The van der Waals surface area contributed by atoms with E-state index in [-0.39, 0.29) is 12.2 Å². The van der Waals surface area contributed by atoms with Gasteiger partial charge in [-0.15, -0.1) is 0 Å². The van der Waals surface area contributed by atoms with Gasteiger partial charge >= 0.3 is 17.9 Å². The zero-order valence-corrected chi connectivity index (χ0v) is 19.6. The molecule has 4 aliphatic rings. The molecule has 9 nitrogen and oxygen atoms in total. The van der Waals surface area contributed by atoms with Crippen LogP contribution < -0.4 is 0 Å². The number of rotatable bonds is 2. The second-order valence-corrected chi connectivity index (χ2v) is 10.0. The Hall–Kier alpha value is -2.52. The molecule has 2 aliphatic carbocycles. The van der Waals surface area contributed by atoms with Crippen molar-refractivity contribution in [3.63, 3.8) is 0 Å². The predicted molar refractivity (Wildman–Crippen MR) is 112 cm³/mol. The van der Waals surface area contributed by atoms with Gasteiger partial charge in [0.15, 0.2) is 23.1 Å². The van der Waals surface area contributed by atoms with E-state index in [1.54, 1.807) is 39.8 Å². The summed E-state index contributed by atoms with van der Waals surface area (Å²) in [4.78, 5) is 49.5. The number of hydrogen-bond acceptors (Lipinski definition) is 9. The summed E-state index contributed by atoms with van der Waals surface area (Å²) in [7, 11) is 0. The first kappa shape index (κ1) is 23.6. The predicted octanol–water partition coefficient (Wildman–Crippen LogP) is 1.41. The van der Waals surface area contributed by atoms with Gasteiger partial charge in [0.05, 0.1) is 6.10 Å². The Bertz CT molecular complexity index is 982. The summed E-state index contributed by atoms with van der Waals surface area (Å²) in [5.74, 6) is -3.49. The molecule has 2 saturated heterocycles. The van der Waals surface area contributed by atoms with Crippen LogP contribution in [0, 0.1) is 17.3 Å². The standard InChI is InChI=1S/C24H30O9/c1-11-9-16(30-13(3)25)20(31-14(4)26)22(5)8-7-15(27)12(2)18(22)19(28)24-17(10-11)32-21(29)23(24,6)33-24/h7-8,10,12,16-20,28H,9H2,1-6H3. The van der Waals surface area contributed by atoms with Crippen LogP contribution in [0.5, 0.6) is 0 Å². The van der Waals surface area contributed by atoms with Gasteiger partial charge in [0.25, 0.3) is 0 Å². The van der Waals surface area contributed by atoms with Gasteiger partial charge in [-0.3, -0.25) is 14.4 Å². The van der Waals surface area contributed by atoms with Crippen LogP contribution in [0.15, 0.2) is 23.8 Å². The summed E-state index contributed by atoms with van der Waals surface area (Å²) in [6.07, 6.45) is 0.757. The molecule has 1 N–H and O–H groups in total. The molecule has 9 heteroatoms. The number of allylic oxidation sites excluding steroid dienone is 1. The lowest BCUT2D eigenvalue weighted by Gasteiger charge is -2.50. The van der Waals surface area contributed by atoms with E-state index in [1.807, 2.05) is 0 Å². The van der Waals surface area contributed by atoms with E-state index < -0.39 is 70.8 Å². The van der Waals surface area contributed by atoms with Gasteiger partial charge in [0.2, 0.25) is 0 Å². The Morgan fingerprint density at radius 3 is 2.36 bits per heavy atom. The number of epoxide rings is 1. The number of fused-ring (bicyclic) bond motifs is 1. The second-order valence-electron chi connectivity index (χ2n) is 10.0. The Labute approximate surface area is 192 Å². The SMILES string of the molecule is CC(=O)OC1CC(C)=CC2OC(=O)C3(C)OC23C(O)C2C(C)C(=O)C=CC2(C)C1OC(C)=O. The maximum absolute atomic E-state index is 12.7. The topological polar surface area (TPSA) is 129 Å². The van der Waals surface area contributed by atoms with E-state index in [9.17, 15) is 24.3 Å². The van der Waals surface area contributed by atoms with E-state index >= 15 is 0 Å². The number of carbonyl (C=O) groups is 4. The lowest BCUT2D eigenvalue weighted by molar-refractivity contribution is -0.187. The first-order valence-electron chi connectivity index (χ1n) is 11.1. The van der Waals surface area contributed by atoms with E-state index in [2.05, 4.69) is 0 Å². The summed E-state index contributed by atoms with van der Waals surface area (Å²) in [5, 5.41) is 11.8. The maximum atomic E-state index is 12.7. The molecule has 180 valence electrons. The highest BCUT2D eigenvalue weighted by atomic mass is 16.7. The van der Waals surface area contributed by atoms with Crippen LogP contribution in [-0.4, -0.2) is 64.4 Å². The minimum absolute atomic E-state index is 0.187. The van der Waals surface area contributed by atoms with Crippen molar-refractivity contribution < 1.29 is 43.2 Å². The molecule has 0 aromatic carbocycles. The molecule has 33 heavy (non-hydrogen) atoms. The highest BCUT2D eigenvalue weighted by Crippen LogP contribution is 2.63. The zero-order chi connectivity index (χ0) is 24.5. The molecule has 2 fully saturated rings. The van der Waals surface area contributed by atoms with Crippen molar-refractivity contribution >= 4 is 23.7 Å². The quantitative estimate of drug-likeness (QED) is 0.280. The van der Waals surface area contributed by atoms with Crippen molar-refractivity contribution in [3.05, 3.63) is 23.8 Å². The highest BCUT2D eigenvalue weighted by Gasteiger charge is 2.86. The van der Waals surface area contributed by atoms with Crippen molar-refractivity contribution in [1.29, 1.82) is 0 Å². The van der Waals surface area contributed by atoms with Crippen LogP contribution in [0.25, 0.3) is 0 Å². The summed E-state index contributed by atoms with van der Waals surface area (Å²) >= 11 is 0. The molecule has 9 unspecified atom stereocenters. The fourth-order valence-corrected chi connectivity index (χ4v) is 6.08. The number of esters is 3. The molecule has 2 aliphatic heterocycles. The monoisotopic (exact) mass is 462 g/mol. The van der Waals surface area contributed by atoms with Crippen LogP contribution in [-0.2, 0) is 38.1 Å². The minimum atomic E-state index is -1.38. The van der Waals surface area contributed by atoms with Crippen molar-refractivity contribution in [2.45, 2.75) is 83.6 Å². The third-order valence-corrected chi connectivity index (χ3v) is 7.74. The first-order valence-corrected chi connectivity index (χ1v) is 11.1. The number of aliphatic hydroxyl groups is 1.